The first-order chi connectivity index (χ1) is 14.9. The van der Waals surface area contributed by atoms with Crippen LogP contribution in [0, 0.1) is 5.41 Å². The van der Waals surface area contributed by atoms with Gasteiger partial charge in [-0.05, 0) is 68.9 Å². The van der Waals surface area contributed by atoms with Crippen LogP contribution >= 0.6 is 0 Å². The number of carbonyl (C=O) groups excluding carboxylic acids is 3. The highest BCUT2D eigenvalue weighted by molar-refractivity contribution is 6.03. The van der Waals surface area contributed by atoms with Crippen LogP contribution in [0.25, 0.3) is 0 Å². The first kappa shape index (κ1) is 31.3. The van der Waals surface area contributed by atoms with E-state index in [-0.39, 0.29) is 6.54 Å². The lowest BCUT2D eigenvalue weighted by molar-refractivity contribution is -0.190. The van der Waals surface area contributed by atoms with Gasteiger partial charge in [-0.15, -0.1) is 0 Å². The zero-order chi connectivity index (χ0) is 25.9. The monoisotopic (exact) mass is 473 g/mol. The van der Waals surface area contributed by atoms with E-state index < -0.39 is 46.5 Å². The summed E-state index contributed by atoms with van der Waals surface area (Å²) in [7, 11) is 0. The molecule has 0 radical (unpaired) electrons. The van der Waals surface area contributed by atoms with Gasteiger partial charge < -0.3 is 30.2 Å². The zero-order valence-corrected chi connectivity index (χ0v) is 22.4. The van der Waals surface area contributed by atoms with Gasteiger partial charge >= 0.3 is 17.9 Å². The van der Waals surface area contributed by atoms with Crippen LogP contribution in [0.3, 0.4) is 0 Å². The van der Waals surface area contributed by atoms with Crippen LogP contribution in [-0.2, 0) is 28.6 Å². The minimum absolute atomic E-state index is 0.120. The summed E-state index contributed by atoms with van der Waals surface area (Å²) in [5.41, 5.74) is -4.36. The second-order valence-electron chi connectivity index (χ2n) is 11.1. The maximum atomic E-state index is 13.4. The van der Waals surface area contributed by atoms with Gasteiger partial charge in [-0.2, -0.15) is 0 Å². The summed E-state index contributed by atoms with van der Waals surface area (Å²) >= 11 is 0. The minimum Gasteiger partial charge on any atom is -0.460 e. The molecule has 0 spiro atoms. The highest BCUT2D eigenvalue weighted by atomic mass is 16.6. The smallest absolute Gasteiger partial charge is 0.325 e. The Kier molecular flexibility index (Phi) is 12.6. The molecule has 0 aliphatic heterocycles. The summed E-state index contributed by atoms with van der Waals surface area (Å²) < 4.78 is 16.6. The van der Waals surface area contributed by atoms with Crippen molar-refractivity contribution in [3.63, 3.8) is 0 Å². The van der Waals surface area contributed by atoms with Crippen LogP contribution in [0.5, 0.6) is 0 Å². The van der Waals surface area contributed by atoms with E-state index in [0.29, 0.717) is 13.1 Å². The van der Waals surface area contributed by atoms with Crippen molar-refractivity contribution in [1.82, 2.24) is 16.0 Å². The number of ether oxygens (including phenoxy) is 3. The average Bonchev–Trinajstić information content (AvgIpc) is 2.58. The molecule has 9 nitrogen and oxygen atoms in total. The predicted octanol–water partition coefficient (Wildman–Crippen LogP) is 2.18. The molecule has 0 aliphatic carbocycles. The lowest BCUT2D eigenvalue weighted by Crippen LogP contribution is -2.54. The predicted molar refractivity (Wildman–Crippen MR) is 129 cm³/mol. The first-order valence-corrected chi connectivity index (χ1v) is 11.7. The third-order valence-corrected chi connectivity index (χ3v) is 4.08. The van der Waals surface area contributed by atoms with Crippen LogP contribution in [0.4, 0.5) is 0 Å². The minimum atomic E-state index is -1.88. The molecule has 0 aromatic rings. The van der Waals surface area contributed by atoms with Gasteiger partial charge in [-0.1, -0.05) is 6.92 Å². The molecule has 0 saturated carbocycles. The Morgan fingerprint density at radius 1 is 0.606 bits per heavy atom. The number of esters is 3. The molecule has 0 heterocycles. The lowest BCUT2D eigenvalue weighted by Gasteiger charge is -2.35. The van der Waals surface area contributed by atoms with Gasteiger partial charge in [0.25, 0.3) is 0 Å². The van der Waals surface area contributed by atoms with Gasteiger partial charge in [-0.3, -0.25) is 14.4 Å². The fourth-order valence-corrected chi connectivity index (χ4v) is 2.77. The molecule has 9 heteroatoms. The number of carbonyl (C=O) groups is 3. The van der Waals surface area contributed by atoms with Crippen LogP contribution in [0.15, 0.2) is 0 Å². The zero-order valence-electron chi connectivity index (χ0n) is 22.4. The second kappa shape index (κ2) is 13.2. The van der Waals surface area contributed by atoms with E-state index in [4.69, 9.17) is 14.2 Å². The first-order valence-electron chi connectivity index (χ1n) is 11.7. The highest BCUT2D eigenvalue weighted by Gasteiger charge is 2.53. The number of hydrogen-bond acceptors (Lipinski definition) is 9. The number of likely N-dealkylation sites (N-methyl/N-ethyl adjacent to an activating group) is 1. The van der Waals surface area contributed by atoms with Crippen LogP contribution in [0.2, 0.25) is 0 Å². The molecular formula is C24H47N3O6. The molecule has 0 unspecified atom stereocenters. The van der Waals surface area contributed by atoms with E-state index in [1.807, 2.05) is 6.92 Å². The molecule has 0 bridgehead atoms. The molecule has 194 valence electrons. The Labute approximate surface area is 200 Å². The molecule has 0 aromatic carbocycles. The standard InChI is InChI=1S/C24H47N3O6/c1-11-25-12-13-26-14-15-27-17-24(19(29)32-22(5,6)7,20(30)33-23(8,9)10)16-18(28)31-21(2,3)4/h25-27H,11-17H2,1-10H3. The molecule has 3 N–H and O–H groups in total. The van der Waals surface area contributed by atoms with Gasteiger partial charge in [0.15, 0.2) is 5.41 Å². The number of hydrogen-bond donors (Lipinski definition) is 3. The van der Waals surface area contributed by atoms with E-state index in [1.54, 1.807) is 62.3 Å². The summed E-state index contributed by atoms with van der Waals surface area (Å²) in [5, 5.41) is 9.61. The maximum Gasteiger partial charge on any atom is 0.325 e. The third-order valence-electron chi connectivity index (χ3n) is 4.08. The molecule has 0 aromatic heterocycles. The Bertz CT molecular complexity index is 602. The van der Waals surface area contributed by atoms with Crippen molar-refractivity contribution in [2.45, 2.75) is 92.5 Å². The van der Waals surface area contributed by atoms with Crippen LogP contribution in [0.1, 0.15) is 75.7 Å². The topological polar surface area (TPSA) is 115 Å². The molecule has 0 rings (SSSR count). The number of nitrogens with one attached hydrogen (secondary N) is 3. The van der Waals surface area contributed by atoms with E-state index in [2.05, 4.69) is 16.0 Å². The van der Waals surface area contributed by atoms with Crippen LogP contribution < -0.4 is 16.0 Å². The van der Waals surface area contributed by atoms with Crippen molar-refractivity contribution in [3.8, 4) is 0 Å². The Balaban J connectivity index is 5.73. The van der Waals surface area contributed by atoms with Gasteiger partial charge in [0.05, 0.1) is 6.42 Å². The largest absolute Gasteiger partial charge is 0.460 e. The highest BCUT2D eigenvalue weighted by Crippen LogP contribution is 2.31. The van der Waals surface area contributed by atoms with Crippen molar-refractivity contribution >= 4 is 17.9 Å². The maximum absolute atomic E-state index is 13.4. The molecule has 33 heavy (non-hydrogen) atoms. The fourth-order valence-electron chi connectivity index (χ4n) is 2.77. The van der Waals surface area contributed by atoms with E-state index in [9.17, 15) is 14.4 Å². The fraction of sp³-hybridized carbons (Fsp3) is 0.875. The summed E-state index contributed by atoms with van der Waals surface area (Å²) in [4.78, 5) is 39.5. The third kappa shape index (κ3) is 14.2. The van der Waals surface area contributed by atoms with Gasteiger partial charge in [0.1, 0.15) is 16.8 Å². The quantitative estimate of drug-likeness (QED) is 0.160. The Morgan fingerprint density at radius 2 is 1.00 bits per heavy atom. The van der Waals surface area contributed by atoms with Crippen molar-refractivity contribution in [2.75, 3.05) is 39.3 Å². The average molecular weight is 474 g/mol. The summed E-state index contributed by atoms with van der Waals surface area (Å²) in [6.07, 6.45) is -0.491. The molecular weight excluding hydrogens is 426 g/mol. The normalized spacial score (nSPS) is 12.9. The lowest BCUT2D eigenvalue weighted by atomic mass is 9.83. The van der Waals surface area contributed by atoms with Crippen LogP contribution in [-0.4, -0.2) is 74.0 Å². The van der Waals surface area contributed by atoms with Gasteiger partial charge in [0.2, 0.25) is 0 Å². The summed E-state index contributed by atoms with van der Waals surface area (Å²) in [6.45, 7) is 21.0. The summed E-state index contributed by atoms with van der Waals surface area (Å²) in [5.74, 6) is -2.31. The van der Waals surface area contributed by atoms with Crippen molar-refractivity contribution in [2.24, 2.45) is 5.41 Å². The van der Waals surface area contributed by atoms with E-state index >= 15 is 0 Å². The van der Waals surface area contributed by atoms with Crippen molar-refractivity contribution in [3.05, 3.63) is 0 Å². The molecule has 0 aliphatic rings. The number of rotatable bonds is 13. The molecule has 0 atom stereocenters. The van der Waals surface area contributed by atoms with E-state index in [1.165, 1.54) is 0 Å². The van der Waals surface area contributed by atoms with Crippen molar-refractivity contribution < 1.29 is 28.6 Å². The Hall–Kier alpha value is -1.71. The molecule has 0 fully saturated rings. The summed E-state index contributed by atoms with van der Waals surface area (Å²) in [6, 6.07) is 0. The SMILES string of the molecule is CCNCCNCCNCC(CC(=O)OC(C)(C)C)(C(=O)OC(C)(C)C)C(=O)OC(C)(C)C. The Morgan fingerprint density at radius 3 is 1.39 bits per heavy atom. The van der Waals surface area contributed by atoms with Gasteiger partial charge in [-0.25, -0.2) is 0 Å². The van der Waals surface area contributed by atoms with Gasteiger partial charge in [0, 0.05) is 32.7 Å². The van der Waals surface area contributed by atoms with E-state index in [0.717, 1.165) is 19.6 Å². The second-order valence-corrected chi connectivity index (χ2v) is 11.1. The molecule has 0 saturated heterocycles. The van der Waals surface area contributed by atoms with Crippen molar-refractivity contribution in [1.29, 1.82) is 0 Å². The molecule has 0 amide bonds.